The summed E-state index contributed by atoms with van der Waals surface area (Å²) < 4.78 is 76.7. The Morgan fingerprint density at radius 3 is 2.26 bits per heavy atom. The number of halogens is 4. The molecule has 2 atom stereocenters. The number of nitrogens with zero attached hydrogens (tertiary/aromatic N) is 1. The van der Waals surface area contributed by atoms with Crippen molar-refractivity contribution >= 4 is 15.7 Å². The summed E-state index contributed by atoms with van der Waals surface area (Å²) in [5.74, 6) is -2.65. The van der Waals surface area contributed by atoms with E-state index in [0.717, 1.165) is 30.5 Å². The van der Waals surface area contributed by atoms with Crippen molar-refractivity contribution in [2.24, 2.45) is 0 Å². The van der Waals surface area contributed by atoms with Gasteiger partial charge in [-0.05, 0) is 30.5 Å². The molecule has 2 rings (SSSR count). The molecule has 0 heterocycles. The summed E-state index contributed by atoms with van der Waals surface area (Å²) in [6, 6.07) is 1.16. The van der Waals surface area contributed by atoms with E-state index in [4.69, 9.17) is 5.26 Å². The summed E-state index contributed by atoms with van der Waals surface area (Å²) in [5, 5.41) is 13.3. The van der Waals surface area contributed by atoms with Crippen LogP contribution in [-0.4, -0.2) is 44.1 Å². The zero-order valence-corrected chi connectivity index (χ0v) is 15.0. The molecule has 0 spiro atoms. The minimum atomic E-state index is -4.87. The minimum absolute atomic E-state index is 0.335. The number of alkyl halides is 3. The topological polar surface area (TPSA) is 99.1 Å². The fourth-order valence-electron chi connectivity index (χ4n) is 2.45. The van der Waals surface area contributed by atoms with Crippen LogP contribution in [0.2, 0.25) is 0 Å². The predicted molar refractivity (Wildman–Crippen MR) is 87.6 cm³/mol. The van der Waals surface area contributed by atoms with Gasteiger partial charge in [-0.15, -0.1) is 0 Å². The number of carbonyl (C=O) groups is 1. The van der Waals surface area contributed by atoms with Crippen molar-refractivity contribution in [1.82, 2.24) is 10.6 Å². The predicted octanol–water partition coefficient (Wildman–Crippen LogP) is 1.60. The Kier molecular flexibility index (Phi) is 5.82. The highest BCUT2D eigenvalue weighted by Crippen LogP contribution is 2.35. The molecule has 1 fully saturated rings. The summed E-state index contributed by atoms with van der Waals surface area (Å²) in [6.07, 6.45) is -3.42. The van der Waals surface area contributed by atoms with Crippen LogP contribution in [-0.2, 0) is 14.6 Å². The summed E-state index contributed by atoms with van der Waals surface area (Å²) in [5.41, 5.74) is -1.55. The van der Waals surface area contributed by atoms with E-state index in [1.54, 1.807) is 0 Å². The van der Waals surface area contributed by atoms with Gasteiger partial charge < -0.3 is 5.32 Å². The maximum atomic E-state index is 13.5. The molecule has 0 aliphatic heterocycles. The molecule has 0 saturated heterocycles. The normalized spacial score (nSPS) is 18.2. The van der Waals surface area contributed by atoms with E-state index in [2.05, 4.69) is 5.32 Å². The van der Waals surface area contributed by atoms with Gasteiger partial charge in [0.25, 0.3) is 0 Å². The number of sulfone groups is 1. The largest absolute Gasteiger partial charge is 0.407 e. The van der Waals surface area contributed by atoms with Crippen LogP contribution < -0.4 is 10.6 Å². The maximum Gasteiger partial charge on any atom is 0.407 e. The molecule has 27 heavy (non-hydrogen) atoms. The Labute approximate surface area is 153 Å². The SMILES string of the molecule is CS(=O)(=O)C[C@H](NC(c1ccc(F)cc1)C(F)(F)F)C(=O)NC1(C#N)CC1. The van der Waals surface area contributed by atoms with Gasteiger partial charge in [0.2, 0.25) is 5.91 Å². The van der Waals surface area contributed by atoms with Crippen LogP contribution in [0.15, 0.2) is 24.3 Å². The highest BCUT2D eigenvalue weighted by molar-refractivity contribution is 7.90. The first-order valence-corrected chi connectivity index (χ1v) is 9.90. The lowest BCUT2D eigenvalue weighted by Crippen LogP contribution is -2.54. The Hall–Kier alpha value is -2.19. The van der Waals surface area contributed by atoms with Crippen molar-refractivity contribution in [2.75, 3.05) is 12.0 Å². The summed E-state index contributed by atoms with van der Waals surface area (Å²) in [7, 11) is -3.82. The second kappa shape index (κ2) is 7.44. The van der Waals surface area contributed by atoms with Crippen molar-refractivity contribution in [3.63, 3.8) is 0 Å². The van der Waals surface area contributed by atoms with E-state index in [1.165, 1.54) is 0 Å². The van der Waals surface area contributed by atoms with E-state index in [1.807, 2.05) is 11.4 Å². The van der Waals surface area contributed by atoms with Gasteiger partial charge in [0.05, 0.1) is 11.8 Å². The number of nitrogens with one attached hydrogen (secondary N) is 2. The van der Waals surface area contributed by atoms with Crippen molar-refractivity contribution < 1.29 is 30.8 Å². The Morgan fingerprint density at radius 1 is 1.30 bits per heavy atom. The molecule has 1 aliphatic rings. The van der Waals surface area contributed by atoms with Gasteiger partial charge >= 0.3 is 6.18 Å². The molecule has 0 aromatic heterocycles. The van der Waals surface area contributed by atoms with E-state index in [9.17, 15) is 30.8 Å². The first-order chi connectivity index (χ1) is 12.4. The van der Waals surface area contributed by atoms with E-state index in [-0.39, 0.29) is 5.56 Å². The first-order valence-electron chi connectivity index (χ1n) is 7.84. The van der Waals surface area contributed by atoms with Gasteiger partial charge in [0.15, 0.2) is 0 Å². The van der Waals surface area contributed by atoms with Gasteiger partial charge in [-0.1, -0.05) is 12.1 Å². The maximum absolute atomic E-state index is 13.5. The van der Waals surface area contributed by atoms with E-state index in [0.29, 0.717) is 12.8 Å². The van der Waals surface area contributed by atoms with Crippen molar-refractivity contribution in [3.8, 4) is 6.07 Å². The molecular weight excluding hydrogens is 390 g/mol. The van der Waals surface area contributed by atoms with Crippen molar-refractivity contribution in [3.05, 3.63) is 35.6 Å². The Bertz CT molecular complexity index is 843. The number of hydrogen-bond donors (Lipinski definition) is 2. The van der Waals surface area contributed by atoms with Crippen LogP contribution in [0, 0.1) is 17.1 Å². The number of hydrogen-bond acceptors (Lipinski definition) is 5. The monoisotopic (exact) mass is 407 g/mol. The third kappa shape index (κ3) is 5.90. The first kappa shape index (κ1) is 21.1. The molecule has 0 bridgehead atoms. The average Bonchev–Trinajstić information content (AvgIpc) is 3.30. The fraction of sp³-hybridized carbons (Fsp3) is 0.500. The number of benzene rings is 1. The van der Waals surface area contributed by atoms with Gasteiger partial charge in [0.1, 0.15) is 33.3 Å². The summed E-state index contributed by atoms with van der Waals surface area (Å²) in [6.45, 7) is 0. The number of nitriles is 1. The molecular formula is C16H17F4N3O3S. The lowest BCUT2D eigenvalue weighted by molar-refractivity contribution is -0.160. The third-order valence-corrected chi connectivity index (χ3v) is 4.95. The second-order valence-electron chi connectivity index (χ2n) is 6.52. The molecule has 148 valence electrons. The van der Waals surface area contributed by atoms with Crippen molar-refractivity contribution in [1.29, 1.82) is 5.26 Å². The Balaban J connectivity index is 2.30. The van der Waals surface area contributed by atoms with Gasteiger partial charge in [-0.2, -0.15) is 18.4 Å². The molecule has 1 aliphatic carbocycles. The zero-order chi connectivity index (χ0) is 20.5. The second-order valence-corrected chi connectivity index (χ2v) is 8.71. The van der Waals surface area contributed by atoms with Gasteiger partial charge in [-0.25, -0.2) is 12.8 Å². The highest BCUT2D eigenvalue weighted by atomic mass is 32.2. The molecule has 1 aromatic rings. The standard InChI is InChI=1S/C16H17F4N3O3S/c1-27(25,26)8-12(14(24)23-15(9-21)6-7-15)22-13(16(18,19)20)10-2-4-11(17)5-3-10/h2-5,12-13,22H,6-8H2,1H3,(H,23,24)/t12-,13?/m0/s1. The van der Waals surface area contributed by atoms with Gasteiger partial charge in [0, 0.05) is 6.26 Å². The number of carbonyl (C=O) groups excluding carboxylic acids is 1. The van der Waals surface area contributed by atoms with Crippen molar-refractivity contribution in [2.45, 2.75) is 36.6 Å². The van der Waals surface area contributed by atoms with E-state index < -0.39 is 51.1 Å². The summed E-state index contributed by atoms with van der Waals surface area (Å²) in [4.78, 5) is 12.4. The quantitative estimate of drug-likeness (QED) is 0.669. The van der Waals surface area contributed by atoms with Crippen LogP contribution in [0.25, 0.3) is 0 Å². The highest BCUT2D eigenvalue weighted by Gasteiger charge is 2.48. The molecule has 1 amide bonds. The molecule has 1 unspecified atom stereocenters. The van der Waals surface area contributed by atoms with Crippen LogP contribution >= 0.6 is 0 Å². The molecule has 1 saturated carbocycles. The number of amides is 1. The summed E-state index contributed by atoms with van der Waals surface area (Å²) >= 11 is 0. The fourth-order valence-corrected chi connectivity index (χ4v) is 3.30. The lowest BCUT2D eigenvalue weighted by Gasteiger charge is -2.27. The van der Waals surface area contributed by atoms with Crippen LogP contribution in [0.3, 0.4) is 0 Å². The average molecular weight is 407 g/mol. The minimum Gasteiger partial charge on any atom is -0.336 e. The number of rotatable bonds is 7. The smallest absolute Gasteiger partial charge is 0.336 e. The van der Waals surface area contributed by atoms with Gasteiger partial charge in [-0.3, -0.25) is 10.1 Å². The Morgan fingerprint density at radius 2 is 1.85 bits per heavy atom. The van der Waals surface area contributed by atoms with Crippen LogP contribution in [0.1, 0.15) is 24.4 Å². The third-order valence-electron chi connectivity index (χ3n) is 4.01. The van der Waals surface area contributed by atoms with E-state index >= 15 is 0 Å². The molecule has 0 radical (unpaired) electrons. The van der Waals surface area contributed by atoms with Crippen LogP contribution in [0.5, 0.6) is 0 Å². The molecule has 2 N–H and O–H groups in total. The molecule has 11 heteroatoms. The molecule has 1 aromatic carbocycles. The lowest BCUT2D eigenvalue weighted by atomic mass is 10.0. The zero-order valence-electron chi connectivity index (χ0n) is 14.2. The molecule has 6 nitrogen and oxygen atoms in total. The van der Waals surface area contributed by atoms with Crippen LogP contribution in [0.4, 0.5) is 17.6 Å².